The van der Waals surface area contributed by atoms with E-state index in [0.717, 1.165) is 7.14 Å². The Morgan fingerprint density at radius 2 is 1.62 bits per heavy atom. The summed E-state index contributed by atoms with van der Waals surface area (Å²) in [6, 6.07) is 5.55. The molecule has 0 unspecified atom stereocenters. The zero-order valence-electron chi connectivity index (χ0n) is 7.09. The lowest BCUT2D eigenvalue weighted by Gasteiger charge is -2.20. The molecular formula is C9H10I2O2. The Morgan fingerprint density at radius 3 is 2.00 bits per heavy atom. The number of rotatable bonds is 2. The molecule has 72 valence electrons. The molecule has 0 saturated carbocycles. The first-order valence-electron chi connectivity index (χ1n) is 3.87. The van der Waals surface area contributed by atoms with Crippen molar-refractivity contribution in [3.8, 4) is 0 Å². The first-order chi connectivity index (χ1) is 5.95. The van der Waals surface area contributed by atoms with Gasteiger partial charge in [0.25, 0.3) is 0 Å². The molecule has 0 bridgehead atoms. The lowest BCUT2D eigenvalue weighted by molar-refractivity contribution is -0.171. The highest BCUT2D eigenvalue weighted by Gasteiger charge is 2.23. The minimum absolute atomic E-state index is 0.295. The van der Waals surface area contributed by atoms with Crippen LogP contribution in [0.25, 0.3) is 0 Å². The van der Waals surface area contributed by atoms with Crippen LogP contribution in [0, 0.1) is 7.14 Å². The Kier molecular flexibility index (Phi) is 3.96. The van der Waals surface area contributed by atoms with Crippen molar-refractivity contribution in [1.82, 2.24) is 0 Å². The molecule has 0 heterocycles. The molecule has 0 radical (unpaired) electrons. The zero-order valence-corrected chi connectivity index (χ0v) is 11.4. The molecule has 0 aliphatic heterocycles. The van der Waals surface area contributed by atoms with Gasteiger partial charge < -0.3 is 10.2 Å². The summed E-state index contributed by atoms with van der Waals surface area (Å²) in [5.41, 5.74) is 0.561. The van der Waals surface area contributed by atoms with Crippen LogP contribution in [-0.2, 0) is 5.79 Å². The van der Waals surface area contributed by atoms with Gasteiger partial charge in [0, 0.05) is 19.1 Å². The standard InChI is InChI=1S/C9H10I2O2/c1-2-9(12,13)6-3-7(10)5-8(11)4-6/h3-5,12-13H,2H2,1H3. The summed E-state index contributed by atoms with van der Waals surface area (Å²) in [5.74, 6) is -1.69. The quantitative estimate of drug-likeness (QED) is 0.588. The van der Waals surface area contributed by atoms with E-state index in [2.05, 4.69) is 45.2 Å². The third-order valence-corrected chi connectivity index (χ3v) is 3.06. The average molecular weight is 404 g/mol. The molecule has 1 rings (SSSR count). The van der Waals surface area contributed by atoms with Crippen LogP contribution in [0.15, 0.2) is 18.2 Å². The lowest BCUT2D eigenvalue weighted by Crippen LogP contribution is -2.23. The van der Waals surface area contributed by atoms with E-state index in [0.29, 0.717) is 12.0 Å². The van der Waals surface area contributed by atoms with Gasteiger partial charge in [0.05, 0.1) is 0 Å². The third-order valence-electron chi connectivity index (χ3n) is 1.82. The maximum absolute atomic E-state index is 9.59. The van der Waals surface area contributed by atoms with Crippen LogP contribution in [-0.4, -0.2) is 10.2 Å². The number of hydrogen-bond acceptors (Lipinski definition) is 2. The van der Waals surface area contributed by atoms with E-state index in [1.165, 1.54) is 0 Å². The number of benzene rings is 1. The molecule has 1 aromatic rings. The Labute approximate surface area is 105 Å². The fraction of sp³-hybridized carbons (Fsp3) is 0.333. The van der Waals surface area contributed by atoms with Crippen LogP contribution in [0.4, 0.5) is 0 Å². The molecule has 0 aromatic heterocycles. The molecule has 0 amide bonds. The van der Waals surface area contributed by atoms with E-state index in [1.807, 2.05) is 6.07 Å². The minimum Gasteiger partial charge on any atom is -0.362 e. The lowest BCUT2D eigenvalue weighted by atomic mass is 10.0. The molecule has 0 spiro atoms. The summed E-state index contributed by atoms with van der Waals surface area (Å²) in [4.78, 5) is 0. The van der Waals surface area contributed by atoms with Crippen LogP contribution in [0.1, 0.15) is 18.9 Å². The summed E-state index contributed by atoms with van der Waals surface area (Å²) in [7, 11) is 0. The van der Waals surface area contributed by atoms with Crippen LogP contribution in [0.2, 0.25) is 0 Å². The molecular weight excluding hydrogens is 394 g/mol. The molecule has 0 atom stereocenters. The normalized spacial score (nSPS) is 11.8. The molecule has 1 aromatic carbocycles. The van der Waals surface area contributed by atoms with Crippen LogP contribution < -0.4 is 0 Å². The fourth-order valence-corrected chi connectivity index (χ4v) is 2.93. The largest absolute Gasteiger partial charge is 0.362 e. The number of aliphatic hydroxyl groups is 2. The highest BCUT2D eigenvalue weighted by molar-refractivity contribution is 14.1. The maximum Gasteiger partial charge on any atom is 0.189 e. The topological polar surface area (TPSA) is 40.5 Å². The average Bonchev–Trinajstić information content (AvgIpc) is 2.02. The van der Waals surface area contributed by atoms with Crippen LogP contribution in [0.5, 0.6) is 0 Å². The van der Waals surface area contributed by atoms with Gasteiger partial charge in [0.2, 0.25) is 0 Å². The van der Waals surface area contributed by atoms with Crippen molar-refractivity contribution in [2.45, 2.75) is 19.1 Å². The smallest absolute Gasteiger partial charge is 0.189 e. The van der Waals surface area contributed by atoms with E-state index >= 15 is 0 Å². The summed E-state index contributed by atoms with van der Waals surface area (Å²) in [5, 5.41) is 19.2. The van der Waals surface area contributed by atoms with Gasteiger partial charge >= 0.3 is 0 Å². The van der Waals surface area contributed by atoms with Crippen molar-refractivity contribution in [3.63, 3.8) is 0 Å². The molecule has 2 nitrogen and oxygen atoms in total. The van der Waals surface area contributed by atoms with Gasteiger partial charge in [-0.2, -0.15) is 0 Å². The highest BCUT2D eigenvalue weighted by atomic mass is 127. The van der Waals surface area contributed by atoms with E-state index in [-0.39, 0.29) is 0 Å². The van der Waals surface area contributed by atoms with Gasteiger partial charge in [-0.1, -0.05) is 6.92 Å². The van der Waals surface area contributed by atoms with Gasteiger partial charge in [0.1, 0.15) is 0 Å². The SMILES string of the molecule is CCC(O)(O)c1cc(I)cc(I)c1. The summed E-state index contributed by atoms with van der Waals surface area (Å²) < 4.78 is 2.03. The summed E-state index contributed by atoms with van der Waals surface area (Å²) >= 11 is 4.32. The number of halogens is 2. The highest BCUT2D eigenvalue weighted by Crippen LogP contribution is 2.25. The molecule has 0 aliphatic rings. The second kappa shape index (κ2) is 4.41. The first-order valence-corrected chi connectivity index (χ1v) is 6.03. The predicted molar refractivity (Wildman–Crippen MR) is 68.3 cm³/mol. The van der Waals surface area contributed by atoms with E-state index in [1.54, 1.807) is 19.1 Å². The molecule has 0 saturated heterocycles. The van der Waals surface area contributed by atoms with Gasteiger partial charge in [0.15, 0.2) is 5.79 Å². The van der Waals surface area contributed by atoms with Gasteiger partial charge in [-0.15, -0.1) is 0 Å². The van der Waals surface area contributed by atoms with E-state index in [4.69, 9.17) is 0 Å². The number of hydrogen-bond donors (Lipinski definition) is 2. The van der Waals surface area contributed by atoms with E-state index in [9.17, 15) is 10.2 Å². The Balaban J connectivity index is 3.15. The molecule has 13 heavy (non-hydrogen) atoms. The van der Waals surface area contributed by atoms with Crippen molar-refractivity contribution in [2.24, 2.45) is 0 Å². The zero-order chi connectivity index (χ0) is 10.1. The van der Waals surface area contributed by atoms with Gasteiger partial charge in [-0.3, -0.25) is 0 Å². The van der Waals surface area contributed by atoms with Crippen LogP contribution >= 0.6 is 45.2 Å². The Morgan fingerprint density at radius 1 is 1.15 bits per heavy atom. The van der Waals surface area contributed by atoms with Crippen LogP contribution in [0.3, 0.4) is 0 Å². The second-order valence-electron chi connectivity index (χ2n) is 2.83. The van der Waals surface area contributed by atoms with Gasteiger partial charge in [-0.05, 0) is 63.4 Å². The van der Waals surface area contributed by atoms with Crippen molar-refractivity contribution >= 4 is 45.2 Å². The molecule has 0 aliphatic carbocycles. The van der Waals surface area contributed by atoms with Crippen molar-refractivity contribution in [3.05, 3.63) is 30.9 Å². The first kappa shape index (κ1) is 11.7. The van der Waals surface area contributed by atoms with Crippen molar-refractivity contribution in [1.29, 1.82) is 0 Å². The summed E-state index contributed by atoms with van der Waals surface area (Å²) in [6.45, 7) is 1.74. The molecule has 0 fully saturated rings. The second-order valence-corrected chi connectivity index (χ2v) is 5.32. The molecule has 2 N–H and O–H groups in total. The summed E-state index contributed by atoms with van der Waals surface area (Å²) in [6.07, 6.45) is 0.295. The van der Waals surface area contributed by atoms with Crippen molar-refractivity contribution in [2.75, 3.05) is 0 Å². The van der Waals surface area contributed by atoms with Gasteiger partial charge in [-0.25, -0.2) is 0 Å². The Bertz CT molecular complexity index is 290. The minimum atomic E-state index is -1.69. The fourth-order valence-electron chi connectivity index (χ4n) is 0.989. The third kappa shape index (κ3) is 3.03. The maximum atomic E-state index is 9.59. The monoisotopic (exact) mass is 404 g/mol. The Hall–Kier alpha value is 0.600. The predicted octanol–water partition coefficient (Wildman–Crippen LogP) is 2.44. The van der Waals surface area contributed by atoms with E-state index < -0.39 is 5.79 Å². The molecule has 4 heteroatoms. The van der Waals surface area contributed by atoms with Crippen molar-refractivity contribution < 1.29 is 10.2 Å².